The van der Waals surface area contributed by atoms with E-state index in [0.29, 0.717) is 19.3 Å². The molecule has 0 aliphatic heterocycles. The zero-order valence-electron chi connectivity index (χ0n) is 60.5. The molecule has 0 amide bonds. The molecule has 556 valence electrons. The Morgan fingerprint density at radius 3 is 0.897 bits per heavy atom. The van der Waals surface area contributed by atoms with Gasteiger partial charge in [-0.1, -0.05) is 264 Å². The third kappa shape index (κ3) is 72.8. The summed E-state index contributed by atoms with van der Waals surface area (Å²) in [5, 5.41) is 20.6. The molecule has 0 radical (unpaired) electrons. The molecule has 0 aromatic heterocycles. The van der Waals surface area contributed by atoms with E-state index in [9.17, 15) is 43.5 Å². The summed E-state index contributed by atoms with van der Waals surface area (Å²) in [6, 6.07) is 0. The highest BCUT2D eigenvalue weighted by atomic mass is 31.2. The first-order valence-electron chi connectivity index (χ1n) is 37.5. The number of phosphoric ester groups is 2. The average Bonchev–Trinajstić information content (AvgIpc) is 1.58. The van der Waals surface area contributed by atoms with Crippen LogP contribution in [0, 0.1) is 0 Å². The molecule has 5 atom stereocenters. The Morgan fingerprint density at radius 1 is 0.299 bits per heavy atom. The number of ether oxygens (including phenoxy) is 3. The van der Waals surface area contributed by atoms with Gasteiger partial charge >= 0.3 is 33.6 Å². The Kier molecular flexibility index (Phi) is 68.3. The molecule has 0 aromatic carbocycles. The Labute approximate surface area is 588 Å². The van der Waals surface area contributed by atoms with Crippen molar-refractivity contribution >= 4 is 33.6 Å². The highest BCUT2D eigenvalue weighted by Crippen LogP contribution is 2.45. The number of esters is 3. The lowest BCUT2D eigenvalue weighted by atomic mass is 10.1. The van der Waals surface area contributed by atoms with Crippen LogP contribution in [0.1, 0.15) is 290 Å². The van der Waals surface area contributed by atoms with E-state index in [-0.39, 0.29) is 19.3 Å². The van der Waals surface area contributed by atoms with E-state index >= 15 is 0 Å². The fourth-order valence-corrected chi connectivity index (χ4v) is 11.2. The Balaban J connectivity index is 4.61. The first-order chi connectivity index (χ1) is 47.2. The molecule has 0 fully saturated rings. The van der Waals surface area contributed by atoms with Gasteiger partial charge in [0.25, 0.3) is 0 Å². The molecule has 0 spiro atoms. The van der Waals surface area contributed by atoms with Crippen molar-refractivity contribution in [1.82, 2.24) is 0 Å². The zero-order valence-corrected chi connectivity index (χ0v) is 62.2. The number of rotatable bonds is 70. The summed E-state index contributed by atoms with van der Waals surface area (Å²) in [7, 11) is -9.80. The number of carbonyl (C=O) groups excluding carboxylic acids is 3. The van der Waals surface area contributed by atoms with E-state index < -0.39 is 91.5 Å². The highest BCUT2D eigenvalue weighted by Gasteiger charge is 2.29. The van der Waals surface area contributed by atoms with Crippen molar-refractivity contribution in [3.8, 4) is 0 Å². The van der Waals surface area contributed by atoms with Gasteiger partial charge in [0, 0.05) is 19.3 Å². The van der Waals surface area contributed by atoms with Gasteiger partial charge in [-0.05, 0) is 141 Å². The van der Waals surface area contributed by atoms with Gasteiger partial charge in [0.2, 0.25) is 0 Å². The van der Waals surface area contributed by atoms with Crippen LogP contribution in [0.25, 0.3) is 0 Å². The molecule has 0 aliphatic carbocycles. The molecule has 0 bridgehead atoms. The summed E-state index contributed by atoms with van der Waals surface area (Å²) in [6.07, 6.45) is 84.9. The van der Waals surface area contributed by atoms with Gasteiger partial charge in [0.15, 0.2) is 6.10 Å². The average molecular weight is 1400 g/mol. The summed E-state index contributed by atoms with van der Waals surface area (Å²) < 4.78 is 61.0. The van der Waals surface area contributed by atoms with Gasteiger partial charge < -0.3 is 34.2 Å². The molecule has 0 saturated heterocycles. The summed E-state index contributed by atoms with van der Waals surface area (Å²) >= 11 is 0. The van der Waals surface area contributed by atoms with E-state index in [1.54, 1.807) is 0 Å². The number of allylic oxidation sites excluding steroid dienone is 22. The second kappa shape index (κ2) is 71.5. The summed E-state index contributed by atoms with van der Waals surface area (Å²) in [4.78, 5) is 58.5. The third-order valence-corrected chi connectivity index (χ3v) is 17.2. The van der Waals surface area contributed by atoms with Crippen molar-refractivity contribution in [2.45, 2.75) is 309 Å². The Hall–Kier alpha value is -4.31. The molecule has 4 N–H and O–H groups in total. The first kappa shape index (κ1) is 92.7. The van der Waals surface area contributed by atoms with Crippen LogP contribution < -0.4 is 0 Å². The summed E-state index contributed by atoms with van der Waals surface area (Å²) in [5.74, 6) is -1.61. The second-order valence-electron chi connectivity index (χ2n) is 24.7. The summed E-state index contributed by atoms with van der Waals surface area (Å²) in [6.45, 7) is 2.47. The largest absolute Gasteiger partial charge is 0.472 e. The van der Waals surface area contributed by atoms with Gasteiger partial charge in [-0.2, -0.15) is 0 Å². The third-order valence-electron chi connectivity index (χ3n) is 15.3. The summed E-state index contributed by atoms with van der Waals surface area (Å²) in [5.41, 5.74) is 0. The van der Waals surface area contributed by atoms with Gasteiger partial charge in [-0.3, -0.25) is 32.5 Å². The standard InChI is InChI=1S/C79H134O16P2/c1-4-7-10-13-16-19-22-25-27-29-31-33-35-36-38-40-41-43-45-48-50-53-56-59-62-65-77(82)89-68-74(80)69-91-96(85,86)92-70-75(81)71-93-97(87,88)94-73-76(95-79(84)67-64-61-58-55-52-47-24-21-18-15-12-9-6-3)72-90-78(83)66-63-60-57-54-51-49-46-44-42-39-37-34-32-30-28-26-23-20-17-14-11-8-5-2/h7,10,16-17,19-21,24-28,31-34,36,38-39,41-43,74-76,80-81H,4-6,8-9,11-15,18,22-23,29-30,35,37,40,44-73H2,1-3H3,(H,85,86)(H,87,88)/b10-7-,19-16-,20-17-,24-21-,27-25-,28-26-,33-31-,34-32-,38-36-,42-39-,43-41-. The van der Waals surface area contributed by atoms with Crippen molar-refractivity contribution in [1.29, 1.82) is 0 Å². The zero-order chi connectivity index (χ0) is 70.9. The van der Waals surface area contributed by atoms with Crippen molar-refractivity contribution in [2.75, 3.05) is 39.6 Å². The number of aliphatic hydroxyl groups excluding tert-OH is 2. The van der Waals surface area contributed by atoms with Crippen molar-refractivity contribution in [3.63, 3.8) is 0 Å². The molecular weight excluding hydrogens is 1270 g/mol. The van der Waals surface area contributed by atoms with E-state index in [2.05, 4.69) is 154 Å². The van der Waals surface area contributed by atoms with Crippen molar-refractivity contribution in [2.24, 2.45) is 0 Å². The highest BCUT2D eigenvalue weighted by molar-refractivity contribution is 7.47. The van der Waals surface area contributed by atoms with Crippen molar-refractivity contribution in [3.05, 3.63) is 134 Å². The van der Waals surface area contributed by atoms with E-state index in [1.165, 1.54) is 51.4 Å². The smallest absolute Gasteiger partial charge is 0.463 e. The molecule has 0 rings (SSSR count). The molecule has 0 heterocycles. The fourth-order valence-electron chi connectivity index (χ4n) is 9.61. The monoisotopic (exact) mass is 1400 g/mol. The molecule has 97 heavy (non-hydrogen) atoms. The minimum Gasteiger partial charge on any atom is -0.463 e. The molecule has 16 nitrogen and oxygen atoms in total. The maximum absolute atomic E-state index is 12.9. The number of hydrogen-bond acceptors (Lipinski definition) is 14. The lowest BCUT2D eigenvalue weighted by Crippen LogP contribution is -2.30. The second-order valence-corrected chi connectivity index (χ2v) is 27.6. The van der Waals surface area contributed by atoms with Crippen molar-refractivity contribution < 1.29 is 75.8 Å². The van der Waals surface area contributed by atoms with Crippen LogP contribution in [-0.4, -0.2) is 95.9 Å². The number of phosphoric acid groups is 2. The van der Waals surface area contributed by atoms with Crippen LogP contribution in [0.5, 0.6) is 0 Å². The number of hydrogen-bond donors (Lipinski definition) is 4. The quantitative estimate of drug-likeness (QED) is 0.0146. The number of aliphatic hydroxyl groups is 2. The van der Waals surface area contributed by atoms with Crippen LogP contribution in [0.3, 0.4) is 0 Å². The minimum atomic E-state index is -4.94. The normalized spacial score (nSPS) is 14.8. The van der Waals surface area contributed by atoms with Gasteiger partial charge in [-0.25, -0.2) is 9.13 Å². The predicted molar refractivity (Wildman–Crippen MR) is 399 cm³/mol. The lowest BCUT2D eigenvalue weighted by molar-refractivity contribution is -0.161. The minimum absolute atomic E-state index is 0.0890. The molecule has 0 aliphatic rings. The molecule has 18 heteroatoms. The first-order valence-corrected chi connectivity index (χ1v) is 40.5. The van der Waals surface area contributed by atoms with Crippen LogP contribution in [0.4, 0.5) is 0 Å². The van der Waals surface area contributed by atoms with Crippen LogP contribution in [0.2, 0.25) is 0 Å². The van der Waals surface area contributed by atoms with E-state index in [0.717, 1.165) is 180 Å². The van der Waals surface area contributed by atoms with E-state index in [4.69, 9.17) is 32.3 Å². The molecule has 5 unspecified atom stereocenters. The van der Waals surface area contributed by atoms with Crippen LogP contribution in [-0.2, 0) is 55.8 Å². The fraction of sp³-hybridized carbons (Fsp3) is 0.684. The van der Waals surface area contributed by atoms with Gasteiger partial charge in [0.1, 0.15) is 25.4 Å². The predicted octanol–water partition coefficient (Wildman–Crippen LogP) is 21.5. The van der Waals surface area contributed by atoms with Crippen LogP contribution >= 0.6 is 15.6 Å². The van der Waals surface area contributed by atoms with Crippen LogP contribution in [0.15, 0.2) is 134 Å². The maximum Gasteiger partial charge on any atom is 0.472 e. The number of carbonyl (C=O) groups is 3. The Bertz CT molecular complexity index is 2300. The SMILES string of the molecule is CC/C=C\C/C=C\C/C=C\C/C=C\C/C=C\C/C=C\CCCCCCCCC(=O)OCC(O)COP(=O)(O)OCC(O)COP(=O)(O)OCC(COC(=O)CCCCCCCCC/C=C\C/C=C\C/C=C\C/C=C\CCCCC)OC(=O)CCCCCCC/C=C\CCCCCC. The lowest BCUT2D eigenvalue weighted by Gasteiger charge is -2.21. The number of unbranched alkanes of at least 4 members (excludes halogenated alkanes) is 25. The molecule has 0 saturated carbocycles. The molecule has 0 aromatic rings. The maximum atomic E-state index is 12.9. The van der Waals surface area contributed by atoms with Gasteiger partial charge in [0.05, 0.1) is 26.4 Å². The molecular formula is C79H134O16P2. The topological polar surface area (TPSA) is 231 Å². The Morgan fingerprint density at radius 2 is 0.546 bits per heavy atom. The van der Waals surface area contributed by atoms with Gasteiger partial charge in [-0.15, -0.1) is 0 Å². The van der Waals surface area contributed by atoms with E-state index in [1.807, 2.05) is 0 Å².